The van der Waals surface area contributed by atoms with Gasteiger partial charge in [0.1, 0.15) is 11.6 Å². The van der Waals surface area contributed by atoms with Crippen LogP contribution in [-0.2, 0) is 17.9 Å². The van der Waals surface area contributed by atoms with Gasteiger partial charge in [0.05, 0.1) is 38.1 Å². The molecule has 3 N–H and O–H groups in total. The van der Waals surface area contributed by atoms with E-state index >= 15 is 0 Å². The lowest BCUT2D eigenvalue weighted by Crippen LogP contribution is -2.49. The molecule has 14 heteroatoms. The van der Waals surface area contributed by atoms with Gasteiger partial charge < -0.3 is 40.1 Å². The first-order valence-corrected chi connectivity index (χ1v) is 18.3. The lowest BCUT2D eigenvalue weighted by atomic mass is 9.80. The number of aromatic nitrogens is 6. The Morgan fingerprint density at radius 1 is 0.981 bits per heavy atom. The Morgan fingerprint density at radius 3 is 2.62 bits per heavy atom. The molecule has 52 heavy (non-hydrogen) atoms. The zero-order valence-corrected chi connectivity index (χ0v) is 30.9. The SMILES string of the molecule is CCn1nc(Nc2nccc3c2ccn3N(C)C2CC(COc3cc(Nc4nc(C)cc(NC)n4)ccc3OC)C2)cc1COCCN1CCCC1. The second-order valence-corrected chi connectivity index (χ2v) is 13.7. The van der Waals surface area contributed by atoms with Crippen LogP contribution in [0.25, 0.3) is 10.9 Å². The maximum Gasteiger partial charge on any atom is 0.229 e. The number of methoxy groups -OCH3 is 1. The minimum absolute atomic E-state index is 0.386. The first-order chi connectivity index (χ1) is 25.4. The molecule has 0 spiro atoms. The van der Waals surface area contributed by atoms with Crippen molar-refractivity contribution in [2.24, 2.45) is 5.92 Å². The molecule has 0 bridgehead atoms. The molecule has 0 radical (unpaired) electrons. The number of nitrogens with zero attached hydrogens (tertiary/aromatic N) is 8. The quantitative estimate of drug-likeness (QED) is 0.0990. The van der Waals surface area contributed by atoms with Crippen LogP contribution in [-0.4, -0.2) is 94.4 Å². The highest BCUT2D eigenvalue weighted by Gasteiger charge is 2.33. The summed E-state index contributed by atoms with van der Waals surface area (Å²) in [5.41, 5.74) is 3.85. The Balaban J connectivity index is 0.939. The highest BCUT2D eigenvalue weighted by Crippen LogP contribution is 2.36. The number of aryl methyl sites for hydroxylation is 2. The normalized spacial score (nSPS) is 17.2. The molecule has 4 aromatic heterocycles. The van der Waals surface area contributed by atoms with E-state index in [2.05, 4.69) is 83.9 Å². The second-order valence-electron chi connectivity index (χ2n) is 13.7. The Morgan fingerprint density at radius 2 is 1.83 bits per heavy atom. The first kappa shape index (κ1) is 35.3. The van der Waals surface area contributed by atoms with E-state index in [0.717, 1.165) is 78.0 Å². The van der Waals surface area contributed by atoms with Gasteiger partial charge in [0.15, 0.2) is 17.3 Å². The zero-order valence-electron chi connectivity index (χ0n) is 30.9. The monoisotopic (exact) mass is 709 g/mol. The van der Waals surface area contributed by atoms with Crippen molar-refractivity contribution in [1.29, 1.82) is 0 Å². The maximum atomic E-state index is 6.33. The summed E-state index contributed by atoms with van der Waals surface area (Å²) in [5.74, 6) is 4.64. The van der Waals surface area contributed by atoms with E-state index in [1.165, 1.54) is 25.9 Å². The summed E-state index contributed by atoms with van der Waals surface area (Å²) in [4.78, 5) is 16.2. The summed E-state index contributed by atoms with van der Waals surface area (Å²) in [7, 11) is 5.65. The molecule has 0 unspecified atom stereocenters. The van der Waals surface area contributed by atoms with E-state index in [9.17, 15) is 0 Å². The molecule has 1 aliphatic carbocycles. The van der Waals surface area contributed by atoms with Crippen molar-refractivity contribution in [3.05, 3.63) is 66.2 Å². The van der Waals surface area contributed by atoms with Crippen LogP contribution in [0.5, 0.6) is 11.5 Å². The second kappa shape index (κ2) is 16.1. The molecule has 276 valence electrons. The van der Waals surface area contributed by atoms with Gasteiger partial charge in [-0.3, -0.25) is 9.36 Å². The van der Waals surface area contributed by atoms with E-state index in [4.69, 9.17) is 19.3 Å². The number of nitrogens with one attached hydrogen (secondary N) is 3. The van der Waals surface area contributed by atoms with Gasteiger partial charge in [-0.2, -0.15) is 10.1 Å². The third kappa shape index (κ3) is 8.02. The van der Waals surface area contributed by atoms with E-state index in [-0.39, 0.29) is 0 Å². The summed E-state index contributed by atoms with van der Waals surface area (Å²) in [6.07, 6.45) is 8.61. The van der Waals surface area contributed by atoms with Crippen LogP contribution in [0.1, 0.15) is 44.0 Å². The fourth-order valence-corrected chi connectivity index (χ4v) is 7.11. The van der Waals surface area contributed by atoms with Crippen LogP contribution in [0, 0.1) is 12.8 Å². The highest BCUT2D eigenvalue weighted by atomic mass is 16.5. The molecule has 14 nitrogen and oxygen atoms in total. The summed E-state index contributed by atoms with van der Waals surface area (Å²) in [6, 6.07) is 14.3. The molecule has 5 heterocycles. The van der Waals surface area contributed by atoms with Crippen molar-refractivity contribution >= 4 is 40.0 Å². The summed E-state index contributed by atoms with van der Waals surface area (Å²) >= 11 is 0. The van der Waals surface area contributed by atoms with Gasteiger partial charge in [-0.25, -0.2) is 9.97 Å². The molecule has 1 aliphatic heterocycles. The van der Waals surface area contributed by atoms with Crippen molar-refractivity contribution in [2.75, 3.05) is 75.0 Å². The number of ether oxygens (including phenoxy) is 3. The third-order valence-electron chi connectivity index (χ3n) is 10.1. The number of benzene rings is 1. The van der Waals surface area contributed by atoms with Gasteiger partial charge in [0, 0.05) is 80.6 Å². The van der Waals surface area contributed by atoms with Crippen molar-refractivity contribution in [3.8, 4) is 11.5 Å². The van der Waals surface area contributed by atoms with E-state index in [0.29, 0.717) is 42.6 Å². The number of likely N-dealkylation sites (tertiary alicyclic amines) is 1. The van der Waals surface area contributed by atoms with E-state index in [1.54, 1.807) is 7.11 Å². The predicted octanol–water partition coefficient (Wildman–Crippen LogP) is 5.93. The number of rotatable bonds is 17. The number of anilines is 5. The average Bonchev–Trinajstić information content (AvgIpc) is 3.90. The lowest BCUT2D eigenvalue weighted by Gasteiger charge is -2.42. The molecule has 1 saturated heterocycles. The molecule has 5 aromatic rings. The third-order valence-corrected chi connectivity index (χ3v) is 10.1. The molecule has 2 fully saturated rings. The van der Waals surface area contributed by atoms with Crippen LogP contribution in [0.2, 0.25) is 0 Å². The number of hydrogen-bond donors (Lipinski definition) is 3. The molecule has 0 atom stereocenters. The lowest BCUT2D eigenvalue weighted by molar-refractivity contribution is 0.0946. The van der Waals surface area contributed by atoms with E-state index in [1.807, 2.05) is 49.1 Å². The van der Waals surface area contributed by atoms with Crippen LogP contribution in [0.15, 0.2) is 54.9 Å². The molecule has 7 rings (SSSR count). The molecule has 0 amide bonds. The van der Waals surface area contributed by atoms with Gasteiger partial charge >= 0.3 is 0 Å². The van der Waals surface area contributed by atoms with Crippen LogP contribution in [0.4, 0.5) is 29.1 Å². The van der Waals surface area contributed by atoms with Crippen molar-refractivity contribution in [2.45, 2.75) is 58.7 Å². The Kier molecular flexibility index (Phi) is 10.9. The standard InChI is InChI=1S/C38H51N11O3/c1-6-48-30(25-51-18-17-47-14-7-8-15-47)23-36(45-48)43-37-31-12-16-49(32(31)11-13-40-37)46(4)29-20-27(21-29)24-52-34-22-28(9-10-33(34)50-5)42-38-41-26(2)19-35(39-3)44-38/h9-13,16,19,22-23,27,29H,6-8,14-15,17-18,20-21,24-25H2,1-5H3,(H,40,43,45)(H2,39,41,42,44). The average molecular weight is 710 g/mol. The number of pyridine rings is 1. The zero-order chi connectivity index (χ0) is 36.0. The van der Waals surface area contributed by atoms with Gasteiger partial charge in [0.2, 0.25) is 5.95 Å². The van der Waals surface area contributed by atoms with Crippen molar-refractivity contribution in [3.63, 3.8) is 0 Å². The van der Waals surface area contributed by atoms with Gasteiger partial charge in [0.25, 0.3) is 0 Å². The highest BCUT2D eigenvalue weighted by molar-refractivity contribution is 5.91. The van der Waals surface area contributed by atoms with Gasteiger partial charge in [-0.05, 0) is 82.8 Å². The molecule has 1 saturated carbocycles. The number of fused-ring (bicyclic) bond motifs is 1. The first-order valence-electron chi connectivity index (χ1n) is 18.3. The predicted molar refractivity (Wildman–Crippen MR) is 205 cm³/mol. The van der Waals surface area contributed by atoms with Gasteiger partial charge in [-0.1, -0.05) is 0 Å². The van der Waals surface area contributed by atoms with Crippen LogP contribution in [0.3, 0.4) is 0 Å². The van der Waals surface area contributed by atoms with Crippen molar-refractivity contribution < 1.29 is 14.2 Å². The maximum absolute atomic E-state index is 6.33. The Hall–Kier alpha value is -5.08. The summed E-state index contributed by atoms with van der Waals surface area (Å²) in [6.45, 7) is 10.1. The van der Waals surface area contributed by atoms with E-state index < -0.39 is 0 Å². The largest absolute Gasteiger partial charge is 0.493 e. The Bertz CT molecular complexity index is 1950. The molecular formula is C38H51N11O3. The topological polar surface area (TPSA) is 132 Å². The molecular weight excluding hydrogens is 658 g/mol. The Labute approximate surface area is 305 Å². The smallest absolute Gasteiger partial charge is 0.229 e. The van der Waals surface area contributed by atoms with Crippen molar-refractivity contribution in [1.82, 2.24) is 34.3 Å². The number of hydrogen-bond acceptors (Lipinski definition) is 12. The minimum Gasteiger partial charge on any atom is -0.493 e. The van der Waals surface area contributed by atoms with Crippen LogP contribution < -0.4 is 30.4 Å². The summed E-state index contributed by atoms with van der Waals surface area (Å²) in [5, 5.41) is 18.0. The molecule has 1 aromatic carbocycles. The fraction of sp³-hybridized carbons (Fsp3) is 0.474. The van der Waals surface area contributed by atoms with Crippen LogP contribution >= 0.6 is 0 Å². The summed E-state index contributed by atoms with van der Waals surface area (Å²) < 4.78 is 22.2. The minimum atomic E-state index is 0.386. The molecule has 2 aliphatic rings. The fourth-order valence-electron chi connectivity index (χ4n) is 7.11. The van der Waals surface area contributed by atoms with Gasteiger partial charge in [-0.15, -0.1) is 0 Å².